The number of furan rings is 1. The van der Waals surface area contributed by atoms with Gasteiger partial charge in [0.05, 0.1) is 17.6 Å². The number of hydrogen-bond donors (Lipinski definition) is 1. The standard InChI is InChI=1S/C20H23N5O2S/c1-14-17(9-12-27-14)19-22-23-20(24(19)2)28-13-18(26)21-15-5-7-16(8-6-15)25-10-3-4-11-25/h5-9,12H,3-4,10-11,13H2,1-2H3,(H,21,26). The molecule has 0 saturated carbocycles. The minimum Gasteiger partial charge on any atom is -0.469 e. The summed E-state index contributed by atoms with van der Waals surface area (Å²) in [5, 5.41) is 12.1. The highest BCUT2D eigenvalue weighted by Gasteiger charge is 2.16. The van der Waals surface area contributed by atoms with Gasteiger partial charge in [-0.05, 0) is 50.1 Å². The molecule has 3 heterocycles. The van der Waals surface area contributed by atoms with Gasteiger partial charge in [0.25, 0.3) is 0 Å². The van der Waals surface area contributed by atoms with E-state index in [1.54, 1.807) is 6.26 Å². The third kappa shape index (κ3) is 3.91. The van der Waals surface area contributed by atoms with Gasteiger partial charge in [0.2, 0.25) is 5.91 Å². The SMILES string of the molecule is Cc1occc1-c1nnc(SCC(=O)Nc2ccc(N3CCCC3)cc2)n1C. The average Bonchev–Trinajstić information content (AvgIpc) is 3.43. The van der Waals surface area contributed by atoms with Crippen molar-refractivity contribution in [2.24, 2.45) is 7.05 Å². The zero-order valence-corrected chi connectivity index (χ0v) is 16.8. The number of hydrogen-bond acceptors (Lipinski definition) is 6. The molecule has 1 aromatic carbocycles. The molecule has 1 aliphatic rings. The smallest absolute Gasteiger partial charge is 0.234 e. The summed E-state index contributed by atoms with van der Waals surface area (Å²) in [4.78, 5) is 14.7. The van der Waals surface area contributed by atoms with E-state index in [0.29, 0.717) is 5.16 Å². The quantitative estimate of drug-likeness (QED) is 0.639. The number of carbonyl (C=O) groups excluding carboxylic acids is 1. The largest absolute Gasteiger partial charge is 0.469 e. The molecular formula is C20H23N5O2S. The topological polar surface area (TPSA) is 76.2 Å². The maximum absolute atomic E-state index is 12.3. The van der Waals surface area contributed by atoms with Gasteiger partial charge in [0.1, 0.15) is 5.76 Å². The molecule has 1 aliphatic heterocycles. The first-order valence-corrected chi connectivity index (χ1v) is 10.3. The Kier molecular flexibility index (Phi) is 5.38. The van der Waals surface area contributed by atoms with Crippen molar-refractivity contribution in [3.8, 4) is 11.4 Å². The Morgan fingerprint density at radius 3 is 2.61 bits per heavy atom. The van der Waals surface area contributed by atoms with Crippen molar-refractivity contribution in [3.63, 3.8) is 0 Å². The summed E-state index contributed by atoms with van der Waals surface area (Å²) in [7, 11) is 1.89. The molecule has 0 radical (unpaired) electrons. The summed E-state index contributed by atoms with van der Waals surface area (Å²) < 4.78 is 7.21. The molecule has 146 valence electrons. The number of aromatic nitrogens is 3. The van der Waals surface area contributed by atoms with Crippen LogP contribution >= 0.6 is 11.8 Å². The van der Waals surface area contributed by atoms with Gasteiger partial charge < -0.3 is 19.2 Å². The predicted molar refractivity (Wildman–Crippen MR) is 111 cm³/mol. The van der Waals surface area contributed by atoms with Crippen molar-refractivity contribution >= 4 is 29.0 Å². The summed E-state index contributed by atoms with van der Waals surface area (Å²) in [5.74, 6) is 1.72. The number of carbonyl (C=O) groups is 1. The molecule has 0 aliphatic carbocycles. The van der Waals surface area contributed by atoms with Gasteiger partial charge in [-0.25, -0.2) is 0 Å². The second-order valence-electron chi connectivity index (χ2n) is 6.83. The molecule has 1 N–H and O–H groups in total. The van der Waals surface area contributed by atoms with Crippen molar-refractivity contribution in [2.45, 2.75) is 24.9 Å². The first-order chi connectivity index (χ1) is 13.6. The Morgan fingerprint density at radius 1 is 1.18 bits per heavy atom. The highest BCUT2D eigenvalue weighted by molar-refractivity contribution is 7.99. The number of nitrogens with one attached hydrogen (secondary N) is 1. The zero-order valence-electron chi connectivity index (χ0n) is 16.0. The van der Waals surface area contributed by atoms with Crippen LogP contribution in [0, 0.1) is 6.92 Å². The van der Waals surface area contributed by atoms with Crippen LogP contribution < -0.4 is 10.2 Å². The fourth-order valence-corrected chi connectivity index (χ4v) is 4.06. The Morgan fingerprint density at radius 2 is 1.93 bits per heavy atom. The number of aryl methyl sites for hydroxylation is 1. The number of thioether (sulfide) groups is 1. The fourth-order valence-electron chi connectivity index (χ4n) is 3.35. The van der Waals surface area contributed by atoms with Crippen LogP contribution in [0.25, 0.3) is 11.4 Å². The van der Waals surface area contributed by atoms with Gasteiger partial charge in [0.15, 0.2) is 11.0 Å². The lowest BCUT2D eigenvalue weighted by Gasteiger charge is -2.17. The molecule has 4 rings (SSSR count). The summed E-state index contributed by atoms with van der Waals surface area (Å²) in [5.41, 5.74) is 2.93. The molecule has 2 aromatic heterocycles. The predicted octanol–water partition coefficient (Wildman–Crippen LogP) is 3.71. The second-order valence-corrected chi connectivity index (χ2v) is 7.78. The van der Waals surface area contributed by atoms with Gasteiger partial charge in [0, 0.05) is 31.5 Å². The van der Waals surface area contributed by atoms with E-state index in [0.717, 1.165) is 35.9 Å². The van der Waals surface area contributed by atoms with Gasteiger partial charge >= 0.3 is 0 Å². The van der Waals surface area contributed by atoms with Crippen LogP contribution in [0.1, 0.15) is 18.6 Å². The summed E-state index contributed by atoms with van der Waals surface area (Å²) >= 11 is 1.36. The zero-order chi connectivity index (χ0) is 19.5. The van der Waals surface area contributed by atoms with Gasteiger partial charge in [-0.2, -0.15) is 0 Å². The van der Waals surface area contributed by atoms with E-state index < -0.39 is 0 Å². The third-order valence-electron chi connectivity index (χ3n) is 4.89. The maximum Gasteiger partial charge on any atom is 0.234 e. The molecule has 28 heavy (non-hydrogen) atoms. The second kappa shape index (κ2) is 8.10. The molecular weight excluding hydrogens is 374 g/mol. The van der Waals surface area contributed by atoms with Crippen molar-refractivity contribution in [1.82, 2.24) is 14.8 Å². The molecule has 1 fully saturated rings. The minimum atomic E-state index is -0.0667. The number of anilines is 2. The molecule has 1 amide bonds. The van der Waals surface area contributed by atoms with Crippen LogP contribution in [0.15, 0.2) is 46.2 Å². The Bertz CT molecular complexity index is 957. The number of rotatable bonds is 6. The van der Waals surface area contributed by atoms with Crippen molar-refractivity contribution < 1.29 is 9.21 Å². The minimum absolute atomic E-state index is 0.0667. The van der Waals surface area contributed by atoms with Crippen LogP contribution in [0.4, 0.5) is 11.4 Å². The maximum atomic E-state index is 12.3. The van der Waals surface area contributed by atoms with E-state index in [9.17, 15) is 4.79 Å². The van der Waals surface area contributed by atoms with Crippen molar-refractivity contribution in [1.29, 1.82) is 0 Å². The highest BCUT2D eigenvalue weighted by atomic mass is 32.2. The van der Waals surface area contributed by atoms with E-state index in [2.05, 4.69) is 32.5 Å². The van der Waals surface area contributed by atoms with Gasteiger partial charge in [-0.1, -0.05) is 11.8 Å². The summed E-state index contributed by atoms with van der Waals surface area (Å²) in [6.07, 6.45) is 4.13. The molecule has 7 nitrogen and oxygen atoms in total. The molecule has 0 unspecified atom stereocenters. The molecule has 0 atom stereocenters. The monoisotopic (exact) mass is 397 g/mol. The van der Waals surface area contributed by atoms with Crippen LogP contribution in [-0.2, 0) is 11.8 Å². The van der Waals surface area contributed by atoms with E-state index >= 15 is 0 Å². The lowest BCUT2D eigenvalue weighted by molar-refractivity contribution is -0.113. The van der Waals surface area contributed by atoms with E-state index in [1.807, 2.05) is 36.7 Å². The number of benzene rings is 1. The van der Waals surface area contributed by atoms with Gasteiger partial charge in [-0.3, -0.25) is 4.79 Å². The third-order valence-corrected chi connectivity index (χ3v) is 5.91. The lowest BCUT2D eigenvalue weighted by Crippen LogP contribution is -2.18. The van der Waals surface area contributed by atoms with Crippen LogP contribution in [-0.4, -0.2) is 39.5 Å². The van der Waals surface area contributed by atoms with Crippen LogP contribution in [0.5, 0.6) is 0 Å². The average molecular weight is 398 g/mol. The van der Waals surface area contributed by atoms with E-state index in [-0.39, 0.29) is 11.7 Å². The Balaban J connectivity index is 1.33. The van der Waals surface area contributed by atoms with Crippen LogP contribution in [0.3, 0.4) is 0 Å². The lowest BCUT2D eigenvalue weighted by atomic mass is 10.2. The molecule has 0 spiro atoms. The Labute approximate surface area is 168 Å². The van der Waals surface area contributed by atoms with Crippen LogP contribution in [0.2, 0.25) is 0 Å². The normalized spacial score (nSPS) is 13.9. The van der Waals surface area contributed by atoms with Crippen molar-refractivity contribution in [3.05, 3.63) is 42.4 Å². The van der Waals surface area contributed by atoms with Crippen molar-refractivity contribution in [2.75, 3.05) is 29.1 Å². The first kappa shape index (κ1) is 18.6. The summed E-state index contributed by atoms with van der Waals surface area (Å²) in [6, 6.07) is 9.91. The molecule has 8 heteroatoms. The van der Waals surface area contributed by atoms with Gasteiger partial charge in [-0.15, -0.1) is 10.2 Å². The Hall–Kier alpha value is -2.74. The highest BCUT2D eigenvalue weighted by Crippen LogP contribution is 2.26. The molecule has 3 aromatic rings. The fraction of sp³-hybridized carbons (Fsp3) is 0.350. The first-order valence-electron chi connectivity index (χ1n) is 9.33. The number of amides is 1. The van der Waals surface area contributed by atoms with E-state index in [4.69, 9.17) is 4.42 Å². The molecule has 0 bridgehead atoms. The number of nitrogens with zero attached hydrogens (tertiary/aromatic N) is 4. The molecule has 1 saturated heterocycles. The summed E-state index contributed by atoms with van der Waals surface area (Å²) in [6.45, 7) is 4.11. The van der Waals surface area contributed by atoms with E-state index in [1.165, 1.54) is 30.3 Å².